The number of benzene rings is 2. The highest BCUT2D eigenvalue weighted by molar-refractivity contribution is 5.86. The Balaban J connectivity index is 2.03. The molecule has 6 nitrogen and oxygen atoms in total. The molecule has 1 N–H and O–H groups in total. The lowest BCUT2D eigenvalue weighted by molar-refractivity contribution is -0.255. The molecule has 2 aromatic carbocycles. The van der Waals surface area contributed by atoms with Crippen LogP contribution >= 0.6 is 0 Å². The number of carboxylic acid groups (broad SMARTS) is 1. The van der Waals surface area contributed by atoms with E-state index in [9.17, 15) is 9.90 Å². The topological polar surface area (TPSA) is 83.0 Å². The molecule has 0 aliphatic heterocycles. The Morgan fingerprint density at radius 1 is 1.22 bits per heavy atom. The predicted octanol–water partition coefficient (Wildman–Crippen LogP) is 1.90. The normalized spacial score (nSPS) is 10.5. The first-order valence-electron chi connectivity index (χ1n) is 7.05. The molecule has 0 unspecified atom stereocenters. The van der Waals surface area contributed by atoms with Gasteiger partial charge in [0, 0.05) is 0 Å². The van der Waals surface area contributed by atoms with Crippen molar-refractivity contribution in [3.05, 3.63) is 53.6 Å². The second-order valence-corrected chi connectivity index (χ2v) is 4.58. The monoisotopic (exact) mass is 313 g/mol. The zero-order valence-electron chi connectivity index (χ0n) is 12.9. The largest absolute Gasteiger partial charge is 0.545 e. The molecule has 0 radical (unpaired) electrons. The summed E-state index contributed by atoms with van der Waals surface area (Å²) in [7, 11) is 1.58. The molecule has 2 rings (SSSR count). The standard InChI is InChI=1S/C17H18N2O4/c1-3-23-15-9-4-12(10-16(15)22-2)11-18-19-14-7-5-13(6-8-14)17(20)21/h4-11,19H,3H2,1-2H3,(H,20,21)/p-1/b18-11-. The van der Waals surface area contributed by atoms with E-state index in [1.165, 1.54) is 12.1 Å². The Morgan fingerprint density at radius 3 is 2.57 bits per heavy atom. The fourth-order valence-corrected chi connectivity index (χ4v) is 1.90. The molecule has 0 atom stereocenters. The summed E-state index contributed by atoms with van der Waals surface area (Å²) in [5, 5.41) is 14.8. The zero-order valence-corrected chi connectivity index (χ0v) is 12.9. The van der Waals surface area contributed by atoms with Crippen LogP contribution in [0.25, 0.3) is 0 Å². The molecule has 0 fully saturated rings. The van der Waals surface area contributed by atoms with Crippen LogP contribution in [0.2, 0.25) is 0 Å². The number of methoxy groups -OCH3 is 1. The lowest BCUT2D eigenvalue weighted by atomic mass is 10.2. The average Bonchev–Trinajstić information content (AvgIpc) is 2.56. The third kappa shape index (κ3) is 4.47. The van der Waals surface area contributed by atoms with Crippen molar-refractivity contribution in [3.63, 3.8) is 0 Å². The Bertz CT molecular complexity index is 696. The summed E-state index contributed by atoms with van der Waals surface area (Å²) >= 11 is 0. The van der Waals surface area contributed by atoms with Crippen molar-refractivity contribution < 1.29 is 19.4 Å². The number of hydrogen-bond acceptors (Lipinski definition) is 6. The van der Waals surface area contributed by atoms with Gasteiger partial charge in [0.25, 0.3) is 0 Å². The van der Waals surface area contributed by atoms with Gasteiger partial charge in [0.2, 0.25) is 0 Å². The average molecular weight is 313 g/mol. The van der Waals surface area contributed by atoms with Gasteiger partial charge in [0.15, 0.2) is 11.5 Å². The Morgan fingerprint density at radius 2 is 1.96 bits per heavy atom. The quantitative estimate of drug-likeness (QED) is 0.623. The SMILES string of the molecule is CCOc1ccc(/C=N\Nc2ccc(C(=O)[O-])cc2)cc1OC. The second-order valence-electron chi connectivity index (χ2n) is 4.58. The maximum atomic E-state index is 10.7. The molecule has 23 heavy (non-hydrogen) atoms. The smallest absolute Gasteiger partial charge is 0.161 e. The van der Waals surface area contributed by atoms with Gasteiger partial charge in [-0.25, -0.2) is 0 Å². The molecule has 120 valence electrons. The van der Waals surface area contributed by atoms with Crippen LogP contribution in [-0.2, 0) is 0 Å². The molecular formula is C17H17N2O4-. The molecule has 0 aliphatic carbocycles. The minimum Gasteiger partial charge on any atom is -0.545 e. The fourth-order valence-electron chi connectivity index (χ4n) is 1.90. The van der Waals surface area contributed by atoms with Crippen LogP contribution in [0, 0.1) is 0 Å². The van der Waals surface area contributed by atoms with Crippen LogP contribution in [0.5, 0.6) is 11.5 Å². The molecule has 6 heteroatoms. The number of carbonyl (C=O) groups is 1. The number of rotatable bonds is 7. The minimum atomic E-state index is -1.21. The van der Waals surface area contributed by atoms with Crippen LogP contribution in [0.15, 0.2) is 47.6 Å². The Kier molecular flexibility index (Phi) is 5.57. The Hall–Kier alpha value is -3.02. The number of nitrogens with zero attached hydrogens (tertiary/aromatic N) is 1. The van der Waals surface area contributed by atoms with Crippen molar-refractivity contribution in [1.82, 2.24) is 0 Å². The summed E-state index contributed by atoms with van der Waals surface area (Å²) < 4.78 is 10.7. The lowest BCUT2D eigenvalue weighted by Crippen LogP contribution is -2.21. The van der Waals surface area contributed by atoms with Gasteiger partial charge in [0.05, 0.1) is 31.6 Å². The number of aromatic carboxylic acids is 1. The van der Waals surface area contributed by atoms with Crippen molar-refractivity contribution in [2.45, 2.75) is 6.92 Å². The third-order valence-corrected chi connectivity index (χ3v) is 3.02. The summed E-state index contributed by atoms with van der Waals surface area (Å²) in [6, 6.07) is 11.6. The van der Waals surface area contributed by atoms with Gasteiger partial charge in [0.1, 0.15) is 0 Å². The molecule has 0 heterocycles. The first-order valence-corrected chi connectivity index (χ1v) is 7.05. The number of ether oxygens (including phenoxy) is 2. The van der Waals surface area contributed by atoms with Crippen molar-refractivity contribution in [2.24, 2.45) is 5.10 Å². The van der Waals surface area contributed by atoms with Crippen LogP contribution in [0.1, 0.15) is 22.8 Å². The van der Waals surface area contributed by atoms with Crippen LogP contribution in [0.3, 0.4) is 0 Å². The molecule has 0 saturated carbocycles. The van der Waals surface area contributed by atoms with Gasteiger partial charge in [-0.3, -0.25) is 5.43 Å². The molecule has 0 saturated heterocycles. The maximum absolute atomic E-state index is 10.7. The summed E-state index contributed by atoms with van der Waals surface area (Å²) in [5.74, 6) is 0.105. The van der Waals surface area contributed by atoms with Gasteiger partial charge >= 0.3 is 0 Å². The highest BCUT2D eigenvalue weighted by Gasteiger charge is 2.03. The molecule has 2 aromatic rings. The van der Waals surface area contributed by atoms with Crippen molar-refractivity contribution in [3.8, 4) is 11.5 Å². The van der Waals surface area contributed by atoms with E-state index in [1.807, 2.05) is 25.1 Å². The highest BCUT2D eigenvalue weighted by Crippen LogP contribution is 2.27. The van der Waals surface area contributed by atoms with Crippen LogP contribution in [-0.4, -0.2) is 25.9 Å². The number of carbonyl (C=O) groups excluding carboxylic acids is 1. The van der Waals surface area contributed by atoms with Crippen molar-refractivity contribution >= 4 is 17.9 Å². The molecular weight excluding hydrogens is 296 g/mol. The highest BCUT2D eigenvalue weighted by atomic mass is 16.5. The molecule has 0 amide bonds. The summed E-state index contributed by atoms with van der Waals surface area (Å²) in [5.41, 5.74) is 4.45. The number of hydrazone groups is 1. The summed E-state index contributed by atoms with van der Waals surface area (Å²) in [4.78, 5) is 10.7. The van der Waals surface area contributed by atoms with E-state index in [2.05, 4.69) is 10.5 Å². The number of hydrogen-bond donors (Lipinski definition) is 1. The molecule has 0 bridgehead atoms. The van der Waals surface area contributed by atoms with E-state index in [0.717, 1.165) is 5.56 Å². The fraction of sp³-hybridized carbons (Fsp3) is 0.176. The molecule has 0 spiro atoms. The second kappa shape index (κ2) is 7.84. The van der Waals surface area contributed by atoms with Gasteiger partial charge in [-0.05, 0) is 48.4 Å². The lowest BCUT2D eigenvalue weighted by Gasteiger charge is -2.09. The van der Waals surface area contributed by atoms with Gasteiger partial charge in [-0.1, -0.05) is 12.1 Å². The van der Waals surface area contributed by atoms with Crippen LogP contribution < -0.4 is 20.0 Å². The third-order valence-electron chi connectivity index (χ3n) is 3.02. The van der Waals surface area contributed by atoms with E-state index < -0.39 is 5.97 Å². The first kappa shape index (κ1) is 16.4. The van der Waals surface area contributed by atoms with E-state index in [4.69, 9.17) is 9.47 Å². The Labute approximate surface area is 134 Å². The first-order chi connectivity index (χ1) is 11.1. The van der Waals surface area contributed by atoms with Crippen molar-refractivity contribution in [2.75, 3.05) is 19.1 Å². The van der Waals surface area contributed by atoms with Crippen molar-refractivity contribution in [1.29, 1.82) is 0 Å². The summed E-state index contributed by atoms with van der Waals surface area (Å²) in [6.07, 6.45) is 1.63. The number of nitrogens with one attached hydrogen (secondary N) is 1. The minimum absolute atomic E-state index is 0.121. The van der Waals surface area contributed by atoms with Gasteiger partial charge in [-0.15, -0.1) is 0 Å². The molecule has 0 aliphatic rings. The van der Waals surface area contributed by atoms with Crippen LogP contribution in [0.4, 0.5) is 5.69 Å². The number of carboxylic acids is 1. The summed E-state index contributed by atoms with van der Waals surface area (Å²) in [6.45, 7) is 2.47. The van der Waals surface area contributed by atoms with Gasteiger partial charge < -0.3 is 19.4 Å². The number of anilines is 1. The van der Waals surface area contributed by atoms with E-state index in [-0.39, 0.29) is 5.56 Å². The van der Waals surface area contributed by atoms with E-state index >= 15 is 0 Å². The molecule has 0 aromatic heterocycles. The maximum Gasteiger partial charge on any atom is 0.161 e. The zero-order chi connectivity index (χ0) is 16.7. The van der Waals surface area contributed by atoms with Gasteiger partial charge in [-0.2, -0.15) is 5.10 Å². The predicted molar refractivity (Wildman–Crippen MR) is 86.2 cm³/mol. The van der Waals surface area contributed by atoms with E-state index in [1.54, 1.807) is 25.5 Å². The van der Waals surface area contributed by atoms with E-state index in [0.29, 0.717) is 23.8 Å².